The number of nitrogens with one attached hydrogen (secondary N) is 1. The molecule has 138 valence electrons. The molecule has 0 unspecified atom stereocenters. The lowest BCUT2D eigenvalue weighted by molar-refractivity contribution is -0.116. The van der Waals surface area contributed by atoms with Gasteiger partial charge in [-0.25, -0.2) is 0 Å². The minimum Gasteiger partial charge on any atom is -0.494 e. The SMILES string of the molecule is CCCCOc1ccc(NC(=O)C(c2ccccc2)c2ccccc2)cc1. The lowest BCUT2D eigenvalue weighted by atomic mass is 9.90. The van der Waals surface area contributed by atoms with E-state index in [0.717, 1.165) is 35.4 Å². The molecule has 1 N–H and O–H groups in total. The Morgan fingerprint density at radius 3 is 1.93 bits per heavy atom. The van der Waals surface area contributed by atoms with E-state index in [9.17, 15) is 4.79 Å². The van der Waals surface area contributed by atoms with E-state index >= 15 is 0 Å². The van der Waals surface area contributed by atoms with Gasteiger partial charge < -0.3 is 10.1 Å². The Morgan fingerprint density at radius 2 is 1.41 bits per heavy atom. The number of benzene rings is 3. The average molecular weight is 359 g/mol. The van der Waals surface area contributed by atoms with E-state index in [-0.39, 0.29) is 11.8 Å². The maximum Gasteiger partial charge on any atom is 0.236 e. The summed E-state index contributed by atoms with van der Waals surface area (Å²) in [5.41, 5.74) is 2.71. The van der Waals surface area contributed by atoms with Crippen molar-refractivity contribution in [3.63, 3.8) is 0 Å². The van der Waals surface area contributed by atoms with Gasteiger partial charge in [0.05, 0.1) is 12.5 Å². The molecule has 3 aromatic carbocycles. The second-order valence-corrected chi connectivity index (χ2v) is 6.47. The molecule has 0 heterocycles. The van der Waals surface area contributed by atoms with Gasteiger partial charge in [0.15, 0.2) is 0 Å². The monoisotopic (exact) mass is 359 g/mol. The lowest BCUT2D eigenvalue weighted by Gasteiger charge is -2.18. The van der Waals surface area contributed by atoms with Crippen molar-refractivity contribution in [3.8, 4) is 5.75 Å². The Bertz CT molecular complexity index is 790. The van der Waals surface area contributed by atoms with Crippen molar-refractivity contribution in [1.29, 1.82) is 0 Å². The third kappa shape index (κ3) is 5.20. The average Bonchev–Trinajstić information content (AvgIpc) is 2.71. The van der Waals surface area contributed by atoms with Gasteiger partial charge in [0, 0.05) is 5.69 Å². The lowest BCUT2D eigenvalue weighted by Crippen LogP contribution is -2.22. The van der Waals surface area contributed by atoms with Crippen LogP contribution in [0.1, 0.15) is 36.8 Å². The van der Waals surface area contributed by atoms with Gasteiger partial charge in [-0.05, 0) is 41.8 Å². The first-order valence-electron chi connectivity index (χ1n) is 9.41. The second-order valence-electron chi connectivity index (χ2n) is 6.47. The van der Waals surface area contributed by atoms with E-state index in [1.165, 1.54) is 0 Å². The predicted molar refractivity (Wildman–Crippen MR) is 110 cm³/mol. The van der Waals surface area contributed by atoms with Gasteiger partial charge in [-0.1, -0.05) is 74.0 Å². The van der Waals surface area contributed by atoms with E-state index in [4.69, 9.17) is 4.74 Å². The van der Waals surface area contributed by atoms with Crippen LogP contribution in [0, 0.1) is 0 Å². The zero-order chi connectivity index (χ0) is 18.9. The number of unbranched alkanes of at least 4 members (excludes halogenated alkanes) is 1. The largest absolute Gasteiger partial charge is 0.494 e. The van der Waals surface area contributed by atoms with E-state index in [0.29, 0.717) is 6.61 Å². The van der Waals surface area contributed by atoms with Gasteiger partial charge in [-0.3, -0.25) is 4.79 Å². The third-order valence-corrected chi connectivity index (χ3v) is 4.42. The van der Waals surface area contributed by atoms with Gasteiger partial charge in [-0.15, -0.1) is 0 Å². The Balaban J connectivity index is 1.75. The van der Waals surface area contributed by atoms with Gasteiger partial charge in [0.2, 0.25) is 5.91 Å². The molecular formula is C24H25NO2. The highest BCUT2D eigenvalue weighted by atomic mass is 16.5. The zero-order valence-electron chi connectivity index (χ0n) is 15.6. The number of hydrogen-bond donors (Lipinski definition) is 1. The van der Waals surface area contributed by atoms with Crippen molar-refractivity contribution in [1.82, 2.24) is 0 Å². The number of ether oxygens (including phenoxy) is 1. The minimum atomic E-state index is -0.354. The molecule has 0 aliphatic rings. The van der Waals surface area contributed by atoms with Gasteiger partial charge in [0.25, 0.3) is 0 Å². The summed E-state index contributed by atoms with van der Waals surface area (Å²) in [6.45, 7) is 2.85. The maximum absolute atomic E-state index is 13.1. The number of carbonyl (C=O) groups is 1. The highest BCUT2D eigenvalue weighted by Crippen LogP contribution is 2.26. The summed E-state index contributed by atoms with van der Waals surface area (Å²) in [6.07, 6.45) is 2.14. The Labute approximate surface area is 161 Å². The molecule has 3 heteroatoms. The quantitative estimate of drug-likeness (QED) is 0.529. The molecule has 0 bridgehead atoms. The van der Waals surface area contributed by atoms with Crippen LogP contribution in [0.25, 0.3) is 0 Å². The Hall–Kier alpha value is -3.07. The van der Waals surface area contributed by atoms with E-state index in [1.807, 2.05) is 84.9 Å². The number of carbonyl (C=O) groups excluding carboxylic acids is 1. The number of rotatable bonds is 8. The van der Waals surface area contributed by atoms with Crippen LogP contribution in [-0.2, 0) is 4.79 Å². The predicted octanol–water partition coefficient (Wildman–Crippen LogP) is 5.64. The van der Waals surface area contributed by atoms with Crippen LogP contribution >= 0.6 is 0 Å². The van der Waals surface area contributed by atoms with Gasteiger partial charge in [0.1, 0.15) is 5.75 Å². The molecule has 3 rings (SSSR count). The molecule has 0 saturated carbocycles. The van der Waals surface area contributed by atoms with Crippen molar-refractivity contribution in [2.24, 2.45) is 0 Å². The first kappa shape index (κ1) is 18.7. The molecule has 0 aromatic heterocycles. The van der Waals surface area contributed by atoms with Crippen LogP contribution in [0.4, 0.5) is 5.69 Å². The zero-order valence-corrected chi connectivity index (χ0v) is 15.6. The van der Waals surface area contributed by atoms with Crippen molar-refractivity contribution in [2.45, 2.75) is 25.7 Å². The molecule has 27 heavy (non-hydrogen) atoms. The van der Waals surface area contributed by atoms with Crippen LogP contribution in [0.3, 0.4) is 0 Å². The van der Waals surface area contributed by atoms with Crippen LogP contribution in [0.2, 0.25) is 0 Å². The number of anilines is 1. The van der Waals surface area contributed by atoms with Crippen LogP contribution in [-0.4, -0.2) is 12.5 Å². The fourth-order valence-corrected chi connectivity index (χ4v) is 2.97. The van der Waals surface area contributed by atoms with Crippen molar-refractivity contribution >= 4 is 11.6 Å². The van der Waals surface area contributed by atoms with Crippen molar-refractivity contribution in [3.05, 3.63) is 96.1 Å². The normalized spacial score (nSPS) is 10.6. The van der Waals surface area contributed by atoms with Gasteiger partial charge in [-0.2, -0.15) is 0 Å². The summed E-state index contributed by atoms with van der Waals surface area (Å²) in [6, 6.07) is 27.3. The summed E-state index contributed by atoms with van der Waals surface area (Å²) in [7, 11) is 0. The highest BCUT2D eigenvalue weighted by molar-refractivity contribution is 5.98. The molecule has 0 saturated heterocycles. The molecule has 1 amide bonds. The summed E-state index contributed by atoms with van der Waals surface area (Å²) < 4.78 is 5.68. The summed E-state index contributed by atoms with van der Waals surface area (Å²) in [5, 5.41) is 3.04. The first-order valence-corrected chi connectivity index (χ1v) is 9.41. The van der Waals surface area contributed by atoms with E-state index in [2.05, 4.69) is 12.2 Å². The molecule has 0 radical (unpaired) electrons. The molecule has 0 fully saturated rings. The Kier molecular flexibility index (Phi) is 6.64. The topological polar surface area (TPSA) is 38.3 Å². The smallest absolute Gasteiger partial charge is 0.236 e. The maximum atomic E-state index is 13.1. The summed E-state index contributed by atoms with van der Waals surface area (Å²) >= 11 is 0. The molecular weight excluding hydrogens is 334 g/mol. The van der Waals surface area contributed by atoms with Crippen LogP contribution in [0.15, 0.2) is 84.9 Å². The molecule has 3 nitrogen and oxygen atoms in total. The van der Waals surface area contributed by atoms with Gasteiger partial charge >= 0.3 is 0 Å². The highest BCUT2D eigenvalue weighted by Gasteiger charge is 2.22. The first-order chi connectivity index (χ1) is 13.3. The summed E-state index contributed by atoms with van der Waals surface area (Å²) in [4.78, 5) is 13.1. The fraction of sp³-hybridized carbons (Fsp3) is 0.208. The number of amides is 1. The fourth-order valence-electron chi connectivity index (χ4n) is 2.97. The van der Waals surface area contributed by atoms with E-state index in [1.54, 1.807) is 0 Å². The molecule has 0 aliphatic heterocycles. The Morgan fingerprint density at radius 1 is 0.852 bits per heavy atom. The molecule has 0 spiro atoms. The third-order valence-electron chi connectivity index (χ3n) is 4.42. The molecule has 0 aliphatic carbocycles. The van der Waals surface area contributed by atoms with Crippen molar-refractivity contribution < 1.29 is 9.53 Å². The van der Waals surface area contributed by atoms with Crippen LogP contribution in [0.5, 0.6) is 5.75 Å². The number of hydrogen-bond acceptors (Lipinski definition) is 2. The van der Waals surface area contributed by atoms with Crippen molar-refractivity contribution in [2.75, 3.05) is 11.9 Å². The molecule has 3 aromatic rings. The summed E-state index contributed by atoms with van der Waals surface area (Å²) in [5.74, 6) is 0.420. The standard InChI is InChI=1S/C24H25NO2/c1-2-3-18-27-22-16-14-21(15-17-22)25-24(26)23(19-10-6-4-7-11-19)20-12-8-5-9-13-20/h4-17,23H,2-3,18H2,1H3,(H,25,26). The van der Waals surface area contributed by atoms with Crippen LogP contribution < -0.4 is 10.1 Å². The minimum absolute atomic E-state index is 0.0490. The second kappa shape index (κ2) is 9.58. The molecule has 0 atom stereocenters. The van der Waals surface area contributed by atoms with E-state index < -0.39 is 0 Å².